The fourth-order valence-electron chi connectivity index (χ4n) is 1.23. The summed E-state index contributed by atoms with van der Waals surface area (Å²) in [7, 11) is 0. The van der Waals surface area contributed by atoms with Gasteiger partial charge in [-0.3, -0.25) is 4.79 Å². The summed E-state index contributed by atoms with van der Waals surface area (Å²) in [5.41, 5.74) is 0.337. The maximum Gasteiger partial charge on any atom is 0.336 e. The second kappa shape index (κ2) is 4.98. The highest BCUT2D eigenvalue weighted by atomic mass is 16.4. The van der Waals surface area contributed by atoms with Gasteiger partial charge in [0, 0.05) is 17.5 Å². The van der Waals surface area contributed by atoms with Crippen molar-refractivity contribution in [1.29, 1.82) is 0 Å². The van der Waals surface area contributed by atoms with E-state index in [1.54, 1.807) is 12.1 Å². The molecule has 1 aromatic heterocycles. The van der Waals surface area contributed by atoms with E-state index in [9.17, 15) is 9.59 Å². The van der Waals surface area contributed by atoms with Gasteiger partial charge in [0.2, 0.25) is 0 Å². The largest absolute Gasteiger partial charge is 0.423 e. The number of amides is 1. The highest BCUT2D eigenvalue weighted by molar-refractivity contribution is 5.89. The summed E-state index contributed by atoms with van der Waals surface area (Å²) >= 11 is 0. The van der Waals surface area contributed by atoms with Gasteiger partial charge >= 0.3 is 5.63 Å². The smallest absolute Gasteiger partial charge is 0.336 e. The van der Waals surface area contributed by atoms with Crippen LogP contribution in [0, 0.1) is 0 Å². The molecule has 84 valence electrons. The first kappa shape index (κ1) is 10.9. The Hall–Kier alpha value is -2.56. The molecule has 5 nitrogen and oxygen atoms in total. The number of carbonyl (C=O) groups is 1. The van der Waals surface area contributed by atoms with Gasteiger partial charge in [0.05, 0.1) is 6.20 Å². The number of carbonyl (C=O) groups excluding carboxylic acids is 1. The minimum atomic E-state index is -0.302. The van der Waals surface area contributed by atoms with Crippen molar-refractivity contribution in [2.45, 2.75) is 0 Å². The van der Waals surface area contributed by atoms with Crippen molar-refractivity contribution in [3.05, 3.63) is 59.1 Å². The Morgan fingerprint density at radius 1 is 1.00 bits per heavy atom. The minimum Gasteiger partial charge on any atom is -0.423 e. The van der Waals surface area contributed by atoms with Crippen LogP contribution >= 0.6 is 0 Å². The summed E-state index contributed by atoms with van der Waals surface area (Å²) in [6.07, 6.45) is 2.67. The zero-order valence-electron chi connectivity index (χ0n) is 8.74. The Bertz CT molecular complexity index is 642. The Kier molecular flexibility index (Phi) is 3.20. The van der Waals surface area contributed by atoms with Crippen molar-refractivity contribution in [2.24, 2.45) is 10.2 Å². The van der Waals surface area contributed by atoms with Gasteiger partial charge in [-0.1, -0.05) is 18.2 Å². The van der Waals surface area contributed by atoms with Crippen molar-refractivity contribution >= 4 is 16.9 Å². The molecule has 0 unspecified atom stereocenters. The standard InChI is InChI=1S/C9H6O2.C3H2N2O/c10-9-6-5-7-3-1-2-4-8(7)11-9;6-3-1-2-4-5-3/h1-6H;1-2H. The summed E-state index contributed by atoms with van der Waals surface area (Å²) in [4.78, 5) is 20.6. The van der Waals surface area contributed by atoms with E-state index in [0.29, 0.717) is 5.58 Å². The van der Waals surface area contributed by atoms with Gasteiger partial charge in [0.15, 0.2) is 0 Å². The molecule has 0 radical (unpaired) electrons. The molecule has 0 N–H and O–H groups in total. The molecule has 0 fully saturated rings. The van der Waals surface area contributed by atoms with Gasteiger partial charge in [0.1, 0.15) is 5.58 Å². The Morgan fingerprint density at radius 3 is 2.47 bits per heavy atom. The van der Waals surface area contributed by atoms with Crippen molar-refractivity contribution in [3.63, 3.8) is 0 Å². The molecule has 2 heterocycles. The van der Waals surface area contributed by atoms with Gasteiger partial charge in [-0.25, -0.2) is 4.79 Å². The number of rotatable bonds is 0. The fourth-order valence-corrected chi connectivity index (χ4v) is 1.23. The highest BCUT2D eigenvalue weighted by Gasteiger charge is 1.92. The second-order valence-electron chi connectivity index (χ2n) is 3.16. The third-order valence-electron chi connectivity index (χ3n) is 1.97. The summed E-state index contributed by atoms with van der Waals surface area (Å²) in [5, 5.41) is 7.32. The van der Waals surface area contributed by atoms with E-state index in [-0.39, 0.29) is 11.5 Å². The number of nitrogens with zero attached hydrogens (tertiary/aromatic N) is 2. The molecule has 1 aromatic carbocycles. The first-order valence-corrected chi connectivity index (χ1v) is 4.86. The quantitative estimate of drug-likeness (QED) is 0.649. The molecule has 0 atom stereocenters. The lowest BCUT2D eigenvalue weighted by Gasteiger charge is -1.91. The lowest BCUT2D eigenvalue weighted by atomic mass is 10.2. The third-order valence-corrected chi connectivity index (χ3v) is 1.97. The molecule has 0 saturated heterocycles. The first-order chi connectivity index (χ1) is 8.25. The SMILES string of the molecule is O=C1C=CN=N1.O=c1ccc2ccccc2o1. The molecule has 2 aromatic rings. The first-order valence-electron chi connectivity index (χ1n) is 4.86. The van der Waals surface area contributed by atoms with Crippen molar-refractivity contribution in [1.82, 2.24) is 0 Å². The number of para-hydroxylation sites is 1. The van der Waals surface area contributed by atoms with Gasteiger partial charge in [-0.15, -0.1) is 5.11 Å². The number of azo groups is 1. The monoisotopic (exact) mass is 228 g/mol. The van der Waals surface area contributed by atoms with E-state index in [4.69, 9.17) is 4.42 Å². The number of hydrogen-bond donors (Lipinski definition) is 0. The molecule has 0 bridgehead atoms. The van der Waals surface area contributed by atoms with Crippen LogP contribution in [-0.2, 0) is 4.79 Å². The molecule has 1 amide bonds. The zero-order chi connectivity index (χ0) is 12.1. The van der Waals surface area contributed by atoms with Gasteiger partial charge in [-0.2, -0.15) is 5.11 Å². The maximum atomic E-state index is 10.7. The molecule has 3 rings (SSSR count). The molecule has 17 heavy (non-hydrogen) atoms. The van der Waals surface area contributed by atoms with Crippen molar-refractivity contribution in [3.8, 4) is 0 Å². The Labute approximate surface area is 96.1 Å². The second-order valence-corrected chi connectivity index (χ2v) is 3.16. The van der Waals surface area contributed by atoms with E-state index < -0.39 is 0 Å². The minimum absolute atomic E-state index is 0.269. The number of benzene rings is 1. The Morgan fingerprint density at radius 2 is 1.82 bits per heavy atom. The number of hydrogen-bond acceptors (Lipinski definition) is 4. The molecule has 5 heteroatoms. The molecule has 0 spiro atoms. The van der Waals surface area contributed by atoms with Crippen LogP contribution in [0.25, 0.3) is 11.0 Å². The van der Waals surface area contributed by atoms with E-state index in [2.05, 4.69) is 10.2 Å². The van der Waals surface area contributed by atoms with E-state index >= 15 is 0 Å². The Balaban J connectivity index is 0.000000153. The van der Waals surface area contributed by atoms with E-state index in [0.717, 1.165) is 5.39 Å². The van der Waals surface area contributed by atoms with E-state index in [1.807, 2.05) is 18.2 Å². The molecule has 0 saturated carbocycles. The predicted octanol–water partition coefficient (Wildman–Crippen LogP) is 2.29. The highest BCUT2D eigenvalue weighted by Crippen LogP contribution is 2.08. The molecular weight excluding hydrogens is 220 g/mol. The van der Waals surface area contributed by atoms with Gasteiger partial charge in [0.25, 0.3) is 5.91 Å². The maximum absolute atomic E-state index is 10.7. The van der Waals surface area contributed by atoms with Crippen molar-refractivity contribution < 1.29 is 9.21 Å². The third kappa shape index (κ3) is 2.94. The lowest BCUT2D eigenvalue weighted by molar-refractivity contribution is -0.113. The predicted molar refractivity (Wildman–Crippen MR) is 61.5 cm³/mol. The van der Waals surface area contributed by atoms with Crippen LogP contribution in [0.5, 0.6) is 0 Å². The van der Waals surface area contributed by atoms with Crippen LogP contribution in [0.1, 0.15) is 0 Å². The van der Waals surface area contributed by atoms with Crippen LogP contribution in [-0.4, -0.2) is 5.91 Å². The zero-order valence-corrected chi connectivity index (χ0v) is 8.74. The van der Waals surface area contributed by atoms with Crippen LogP contribution in [0.4, 0.5) is 0 Å². The topological polar surface area (TPSA) is 72.0 Å². The van der Waals surface area contributed by atoms with Crippen LogP contribution in [0.2, 0.25) is 0 Å². The van der Waals surface area contributed by atoms with Gasteiger partial charge < -0.3 is 4.42 Å². The van der Waals surface area contributed by atoms with Crippen LogP contribution in [0.3, 0.4) is 0 Å². The van der Waals surface area contributed by atoms with Gasteiger partial charge in [-0.05, 0) is 12.1 Å². The molecule has 1 aliphatic heterocycles. The van der Waals surface area contributed by atoms with Crippen molar-refractivity contribution in [2.75, 3.05) is 0 Å². The average molecular weight is 228 g/mol. The lowest BCUT2D eigenvalue weighted by Crippen LogP contribution is -1.93. The summed E-state index contributed by atoms with van der Waals surface area (Å²) < 4.78 is 4.91. The summed E-state index contributed by atoms with van der Waals surface area (Å²) in [6, 6.07) is 10.6. The number of fused-ring (bicyclic) bond motifs is 1. The summed E-state index contributed by atoms with van der Waals surface area (Å²) in [5.74, 6) is -0.269. The molecular formula is C12H8N2O3. The summed E-state index contributed by atoms with van der Waals surface area (Å²) in [6.45, 7) is 0. The normalized spacial score (nSPS) is 12.6. The van der Waals surface area contributed by atoms with Crippen LogP contribution in [0.15, 0.2) is 68.1 Å². The molecule has 1 aliphatic rings. The average Bonchev–Trinajstić information content (AvgIpc) is 2.81. The fraction of sp³-hybridized carbons (Fsp3) is 0. The van der Waals surface area contributed by atoms with Crippen LogP contribution < -0.4 is 5.63 Å². The molecule has 0 aliphatic carbocycles. The van der Waals surface area contributed by atoms with E-state index in [1.165, 1.54) is 18.3 Å².